The fraction of sp³-hybridized carbons (Fsp3) is 0.267. The predicted octanol–water partition coefficient (Wildman–Crippen LogP) is 3.13. The molecule has 0 saturated carbocycles. The van der Waals surface area contributed by atoms with Crippen molar-refractivity contribution in [3.05, 3.63) is 41.2 Å². The fourth-order valence-electron chi connectivity index (χ4n) is 2.11. The van der Waals surface area contributed by atoms with E-state index in [0.29, 0.717) is 42.2 Å². The van der Waals surface area contributed by atoms with Gasteiger partial charge in [0.2, 0.25) is 5.75 Å². The standard InChI is InChI=1S/C15H15ClN2O3/c1-19-12-6-10(7-13-15(12)21-5-4-20-13)8-17-11-2-3-14(16)18-9-11/h2-3,6-7,9,17H,4-5,8H2,1H3. The van der Waals surface area contributed by atoms with Crippen molar-refractivity contribution in [3.63, 3.8) is 0 Å². The lowest BCUT2D eigenvalue weighted by Gasteiger charge is -2.21. The van der Waals surface area contributed by atoms with Crippen molar-refractivity contribution in [2.45, 2.75) is 6.54 Å². The molecule has 0 saturated heterocycles. The third kappa shape index (κ3) is 3.13. The largest absolute Gasteiger partial charge is 0.493 e. The Kier molecular flexibility index (Phi) is 4.01. The second-order valence-electron chi connectivity index (χ2n) is 4.55. The molecule has 110 valence electrons. The third-order valence-corrected chi connectivity index (χ3v) is 3.34. The highest BCUT2D eigenvalue weighted by Gasteiger charge is 2.18. The van der Waals surface area contributed by atoms with Crippen molar-refractivity contribution < 1.29 is 14.2 Å². The molecule has 21 heavy (non-hydrogen) atoms. The third-order valence-electron chi connectivity index (χ3n) is 3.11. The van der Waals surface area contributed by atoms with Crippen LogP contribution in [0.5, 0.6) is 17.2 Å². The molecule has 1 aliphatic heterocycles. The number of hydrogen-bond acceptors (Lipinski definition) is 5. The maximum Gasteiger partial charge on any atom is 0.203 e. The Labute approximate surface area is 127 Å². The van der Waals surface area contributed by atoms with Crippen molar-refractivity contribution >= 4 is 17.3 Å². The first kappa shape index (κ1) is 13.8. The summed E-state index contributed by atoms with van der Waals surface area (Å²) in [5.74, 6) is 2.06. The van der Waals surface area contributed by atoms with Crippen molar-refractivity contribution in [3.8, 4) is 17.2 Å². The normalized spacial score (nSPS) is 12.9. The monoisotopic (exact) mass is 306 g/mol. The van der Waals surface area contributed by atoms with Gasteiger partial charge in [0.1, 0.15) is 18.4 Å². The summed E-state index contributed by atoms with van der Waals surface area (Å²) in [4.78, 5) is 4.03. The van der Waals surface area contributed by atoms with Gasteiger partial charge in [0.15, 0.2) is 11.5 Å². The van der Waals surface area contributed by atoms with E-state index in [9.17, 15) is 0 Å². The number of fused-ring (bicyclic) bond motifs is 1. The van der Waals surface area contributed by atoms with E-state index >= 15 is 0 Å². The van der Waals surface area contributed by atoms with Crippen LogP contribution in [0, 0.1) is 0 Å². The second kappa shape index (κ2) is 6.10. The minimum absolute atomic E-state index is 0.474. The van der Waals surface area contributed by atoms with Crippen molar-refractivity contribution in [2.24, 2.45) is 0 Å². The molecule has 6 heteroatoms. The quantitative estimate of drug-likeness (QED) is 0.880. The van der Waals surface area contributed by atoms with Crippen LogP contribution in [0.25, 0.3) is 0 Å². The smallest absolute Gasteiger partial charge is 0.203 e. The molecule has 0 aliphatic carbocycles. The lowest BCUT2D eigenvalue weighted by Crippen LogP contribution is -2.16. The van der Waals surface area contributed by atoms with Crippen LogP contribution in [0.2, 0.25) is 5.15 Å². The second-order valence-corrected chi connectivity index (χ2v) is 4.93. The number of halogens is 1. The number of pyridine rings is 1. The summed E-state index contributed by atoms with van der Waals surface area (Å²) in [6.45, 7) is 1.71. The molecule has 1 aromatic heterocycles. The van der Waals surface area contributed by atoms with E-state index in [-0.39, 0.29) is 0 Å². The summed E-state index contributed by atoms with van der Waals surface area (Å²) < 4.78 is 16.6. The fourth-order valence-corrected chi connectivity index (χ4v) is 2.23. The summed E-state index contributed by atoms with van der Waals surface area (Å²) in [5, 5.41) is 3.75. The van der Waals surface area contributed by atoms with Gasteiger partial charge in [-0.05, 0) is 29.8 Å². The van der Waals surface area contributed by atoms with E-state index in [2.05, 4.69) is 10.3 Å². The lowest BCUT2D eigenvalue weighted by atomic mass is 10.1. The van der Waals surface area contributed by atoms with Gasteiger partial charge in [-0.1, -0.05) is 11.6 Å². The van der Waals surface area contributed by atoms with Crippen molar-refractivity contribution in [2.75, 3.05) is 25.6 Å². The van der Waals surface area contributed by atoms with E-state index in [1.54, 1.807) is 19.4 Å². The van der Waals surface area contributed by atoms with Crippen LogP contribution in [0.3, 0.4) is 0 Å². The maximum absolute atomic E-state index is 5.76. The first-order valence-electron chi connectivity index (χ1n) is 6.58. The minimum atomic E-state index is 0.474. The highest BCUT2D eigenvalue weighted by Crippen LogP contribution is 2.40. The van der Waals surface area contributed by atoms with E-state index in [1.165, 1.54) is 0 Å². The van der Waals surface area contributed by atoms with Gasteiger partial charge in [0.05, 0.1) is 19.0 Å². The van der Waals surface area contributed by atoms with Crippen LogP contribution >= 0.6 is 11.6 Å². The first-order chi connectivity index (χ1) is 10.3. The van der Waals surface area contributed by atoms with Crippen LogP contribution in [0.4, 0.5) is 5.69 Å². The van der Waals surface area contributed by atoms with E-state index in [1.807, 2.05) is 18.2 Å². The molecule has 5 nitrogen and oxygen atoms in total. The molecular weight excluding hydrogens is 292 g/mol. The molecule has 1 aromatic carbocycles. The summed E-state index contributed by atoms with van der Waals surface area (Å²) in [5.41, 5.74) is 1.93. The van der Waals surface area contributed by atoms with E-state index in [4.69, 9.17) is 25.8 Å². The van der Waals surface area contributed by atoms with E-state index < -0.39 is 0 Å². The molecule has 1 aliphatic rings. The topological polar surface area (TPSA) is 52.6 Å². The molecule has 0 bridgehead atoms. The summed E-state index contributed by atoms with van der Waals surface area (Å²) >= 11 is 5.76. The number of benzene rings is 1. The number of rotatable bonds is 4. The van der Waals surface area contributed by atoms with Crippen molar-refractivity contribution in [1.29, 1.82) is 0 Å². The zero-order chi connectivity index (χ0) is 14.7. The van der Waals surface area contributed by atoms with E-state index in [0.717, 1.165) is 11.3 Å². The summed E-state index contributed by atoms with van der Waals surface area (Å²) in [7, 11) is 1.62. The number of ether oxygens (including phenoxy) is 3. The molecule has 0 radical (unpaired) electrons. The average Bonchev–Trinajstić information content (AvgIpc) is 2.53. The molecular formula is C15H15ClN2O3. The number of anilines is 1. The van der Waals surface area contributed by atoms with Gasteiger partial charge in [-0.3, -0.25) is 0 Å². The van der Waals surface area contributed by atoms with Gasteiger partial charge in [-0.15, -0.1) is 0 Å². The SMILES string of the molecule is COc1cc(CNc2ccc(Cl)nc2)cc2c1OCCO2. The average molecular weight is 307 g/mol. The molecule has 0 amide bonds. The number of nitrogens with one attached hydrogen (secondary N) is 1. The highest BCUT2D eigenvalue weighted by atomic mass is 35.5. The zero-order valence-corrected chi connectivity index (χ0v) is 12.3. The van der Waals surface area contributed by atoms with Crippen LogP contribution in [0.1, 0.15) is 5.56 Å². The van der Waals surface area contributed by atoms with Crippen LogP contribution < -0.4 is 19.5 Å². The zero-order valence-electron chi connectivity index (χ0n) is 11.6. The molecule has 0 spiro atoms. The van der Waals surface area contributed by atoms with Gasteiger partial charge in [-0.2, -0.15) is 0 Å². The Morgan fingerprint density at radius 2 is 2.14 bits per heavy atom. The maximum atomic E-state index is 5.76. The van der Waals surface area contributed by atoms with Gasteiger partial charge in [0.25, 0.3) is 0 Å². The summed E-state index contributed by atoms with van der Waals surface area (Å²) in [6, 6.07) is 7.51. The molecule has 1 N–H and O–H groups in total. The molecule has 0 atom stereocenters. The minimum Gasteiger partial charge on any atom is -0.493 e. The van der Waals surface area contributed by atoms with Crippen molar-refractivity contribution in [1.82, 2.24) is 4.98 Å². The molecule has 0 fully saturated rings. The number of aromatic nitrogens is 1. The summed E-state index contributed by atoms with van der Waals surface area (Å²) in [6.07, 6.45) is 1.69. The molecule has 0 unspecified atom stereocenters. The molecule has 2 heterocycles. The number of hydrogen-bond donors (Lipinski definition) is 1. The molecule has 2 aromatic rings. The lowest BCUT2D eigenvalue weighted by molar-refractivity contribution is 0.165. The van der Waals surface area contributed by atoms with Gasteiger partial charge >= 0.3 is 0 Å². The number of nitrogens with zero attached hydrogens (tertiary/aromatic N) is 1. The Morgan fingerprint density at radius 3 is 2.90 bits per heavy atom. The van der Waals surface area contributed by atoms with Crippen LogP contribution in [0.15, 0.2) is 30.5 Å². The van der Waals surface area contributed by atoms with Gasteiger partial charge in [0, 0.05) is 6.54 Å². The number of methoxy groups -OCH3 is 1. The van der Waals surface area contributed by atoms with Crippen LogP contribution in [-0.2, 0) is 6.54 Å². The Hall–Kier alpha value is -2.14. The molecule has 3 rings (SSSR count). The predicted molar refractivity (Wildman–Crippen MR) is 80.6 cm³/mol. The Balaban J connectivity index is 1.77. The Morgan fingerprint density at radius 1 is 1.29 bits per heavy atom. The first-order valence-corrected chi connectivity index (χ1v) is 6.96. The van der Waals surface area contributed by atoms with Gasteiger partial charge < -0.3 is 19.5 Å². The van der Waals surface area contributed by atoms with Crippen LogP contribution in [-0.4, -0.2) is 25.3 Å². The van der Waals surface area contributed by atoms with Gasteiger partial charge in [-0.25, -0.2) is 4.98 Å². The Bertz CT molecular complexity index is 614. The highest BCUT2D eigenvalue weighted by molar-refractivity contribution is 6.29.